The molecule has 0 aliphatic carbocycles. The van der Waals surface area contributed by atoms with Crippen LogP contribution in [0.4, 0.5) is 4.79 Å². The van der Waals surface area contributed by atoms with Crippen LogP contribution in [0.25, 0.3) is 0 Å². The number of rotatable bonds is 17. The molecule has 14 nitrogen and oxygen atoms in total. The molecule has 3 rings (SSSR count). The van der Waals surface area contributed by atoms with E-state index in [1.807, 2.05) is 13.0 Å². The number of ketones is 1. The van der Waals surface area contributed by atoms with E-state index in [2.05, 4.69) is 16.0 Å². The van der Waals surface area contributed by atoms with Gasteiger partial charge in [0.2, 0.25) is 23.5 Å². The highest BCUT2D eigenvalue weighted by Crippen LogP contribution is 2.21. The van der Waals surface area contributed by atoms with Crippen molar-refractivity contribution in [2.45, 2.75) is 110 Å². The third-order valence-electron chi connectivity index (χ3n) is 8.61. The van der Waals surface area contributed by atoms with Crippen LogP contribution < -0.4 is 21.7 Å². The molecule has 0 bridgehead atoms. The normalized spacial score (nSPS) is 16.4. The lowest BCUT2D eigenvalue weighted by Crippen LogP contribution is -2.58. The SMILES string of the molecule is CC[C@H](C)[C@H](NC(=O)[C@@H]1CCCN1C(=O)C(=O)C(Cc1ccccc1)NC(=O)OCc1ccccc1)C(=O)N[C@@H](CCC(N)=O)C(=O)OC(C)(C)C. The minimum Gasteiger partial charge on any atom is -0.458 e. The molecule has 0 spiro atoms. The number of nitrogens with two attached hydrogens (primary N) is 1. The summed E-state index contributed by atoms with van der Waals surface area (Å²) in [6.07, 6.45) is -0.0675. The van der Waals surface area contributed by atoms with Crippen LogP contribution >= 0.6 is 0 Å². The molecular formula is C38H51N5O9. The van der Waals surface area contributed by atoms with Gasteiger partial charge in [-0.2, -0.15) is 0 Å². The van der Waals surface area contributed by atoms with Crippen molar-refractivity contribution >= 4 is 41.5 Å². The van der Waals surface area contributed by atoms with Gasteiger partial charge in [0.25, 0.3) is 5.91 Å². The summed E-state index contributed by atoms with van der Waals surface area (Å²) in [5.74, 6) is -5.05. The smallest absolute Gasteiger partial charge is 0.408 e. The lowest BCUT2D eigenvalue weighted by Gasteiger charge is -2.30. The third kappa shape index (κ3) is 12.8. The van der Waals surface area contributed by atoms with E-state index in [0.29, 0.717) is 18.4 Å². The molecule has 1 fully saturated rings. The van der Waals surface area contributed by atoms with E-state index < -0.39 is 77.2 Å². The average Bonchev–Trinajstić information content (AvgIpc) is 3.60. The first-order valence-electron chi connectivity index (χ1n) is 17.6. The Labute approximate surface area is 304 Å². The van der Waals surface area contributed by atoms with E-state index in [-0.39, 0.29) is 38.8 Å². The highest BCUT2D eigenvalue weighted by Gasteiger charge is 2.41. The van der Waals surface area contributed by atoms with Crippen LogP contribution in [0.15, 0.2) is 60.7 Å². The van der Waals surface area contributed by atoms with Gasteiger partial charge in [0, 0.05) is 19.4 Å². The van der Waals surface area contributed by atoms with Crippen molar-refractivity contribution in [1.29, 1.82) is 0 Å². The van der Waals surface area contributed by atoms with Gasteiger partial charge in [-0.15, -0.1) is 0 Å². The molecule has 5 amide bonds. The van der Waals surface area contributed by atoms with Gasteiger partial charge < -0.3 is 36.1 Å². The van der Waals surface area contributed by atoms with Crippen LogP contribution in [0.1, 0.15) is 77.8 Å². The van der Waals surface area contributed by atoms with E-state index in [1.54, 1.807) is 82.3 Å². The number of esters is 1. The largest absolute Gasteiger partial charge is 0.458 e. The number of carbonyl (C=O) groups excluding carboxylic acids is 7. The van der Waals surface area contributed by atoms with Gasteiger partial charge >= 0.3 is 12.1 Å². The predicted molar refractivity (Wildman–Crippen MR) is 191 cm³/mol. The molecule has 0 radical (unpaired) electrons. The van der Waals surface area contributed by atoms with Crippen molar-refractivity contribution in [1.82, 2.24) is 20.9 Å². The second-order valence-electron chi connectivity index (χ2n) is 13.9. The second kappa shape index (κ2) is 19.4. The average molecular weight is 722 g/mol. The molecule has 5 N–H and O–H groups in total. The van der Waals surface area contributed by atoms with Crippen molar-refractivity contribution in [2.75, 3.05) is 6.54 Å². The van der Waals surface area contributed by atoms with Crippen molar-refractivity contribution in [3.8, 4) is 0 Å². The van der Waals surface area contributed by atoms with Gasteiger partial charge in [0.15, 0.2) is 0 Å². The summed E-state index contributed by atoms with van der Waals surface area (Å²) in [6.45, 7) is 8.62. The number of alkyl carbamates (subject to hydrolysis) is 1. The van der Waals surface area contributed by atoms with E-state index in [4.69, 9.17) is 15.2 Å². The molecule has 1 unspecified atom stereocenters. The number of hydrogen-bond donors (Lipinski definition) is 4. The molecule has 14 heteroatoms. The Morgan fingerprint density at radius 2 is 1.50 bits per heavy atom. The van der Waals surface area contributed by atoms with Crippen molar-refractivity contribution in [2.24, 2.45) is 11.7 Å². The van der Waals surface area contributed by atoms with Crippen LogP contribution in [0, 0.1) is 5.92 Å². The molecule has 1 heterocycles. The summed E-state index contributed by atoms with van der Waals surface area (Å²) in [5, 5.41) is 7.88. The van der Waals surface area contributed by atoms with Gasteiger partial charge in [-0.05, 0) is 57.1 Å². The number of benzene rings is 2. The van der Waals surface area contributed by atoms with E-state index in [9.17, 15) is 33.6 Å². The Morgan fingerprint density at radius 3 is 2.08 bits per heavy atom. The van der Waals surface area contributed by atoms with Crippen molar-refractivity contribution in [3.63, 3.8) is 0 Å². The number of nitrogens with one attached hydrogen (secondary N) is 3. The number of likely N-dealkylation sites (tertiary alicyclic amines) is 1. The van der Waals surface area contributed by atoms with E-state index in [0.717, 1.165) is 10.5 Å². The molecular weight excluding hydrogens is 670 g/mol. The minimum absolute atomic E-state index is 0.00137. The minimum atomic E-state index is -1.29. The highest BCUT2D eigenvalue weighted by molar-refractivity contribution is 6.38. The van der Waals surface area contributed by atoms with E-state index >= 15 is 0 Å². The zero-order valence-corrected chi connectivity index (χ0v) is 30.5. The number of ether oxygens (including phenoxy) is 2. The summed E-state index contributed by atoms with van der Waals surface area (Å²) in [5.41, 5.74) is 5.85. The Bertz CT molecular complexity index is 1560. The standard InChI is InChI=1S/C38H51N5O9/c1-6-24(2)31(34(47)40-27(19-20-30(39)44)36(49)52-38(3,4)5)42-33(46)29-18-13-21-43(29)35(48)32(45)28(22-25-14-9-7-10-15-25)41-37(50)51-23-26-16-11-8-12-17-26/h7-12,14-17,24,27-29,31H,6,13,18-23H2,1-5H3,(H2,39,44)(H,40,47)(H,41,50)(H,42,46)/t24-,27-,28?,29-,31-/m0/s1. The third-order valence-corrected chi connectivity index (χ3v) is 8.61. The van der Waals surface area contributed by atoms with Gasteiger partial charge in [-0.3, -0.25) is 24.0 Å². The molecule has 1 saturated heterocycles. The first kappa shape index (κ1) is 41.2. The molecule has 1 aliphatic heterocycles. The molecule has 52 heavy (non-hydrogen) atoms. The van der Waals surface area contributed by atoms with Crippen LogP contribution in [0.5, 0.6) is 0 Å². The molecule has 1 aliphatic rings. The molecule has 5 atom stereocenters. The fraction of sp³-hybridized carbons (Fsp3) is 0.500. The summed E-state index contributed by atoms with van der Waals surface area (Å²) >= 11 is 0. The number of nitrogens with zero attached hydrogens (tertiary/aromatic N) is 1. The van der Waals surface area contributed by atoms with Gasteiger partial charge in [-0.25, -0.2) is 9.59 Å². The maximum Gasteiger partial charge on any atom is 0.408 e. The van der Waals surface area contributed by atoms with Gasteiger partial charge in [0.1, 0.15) is 36.4 Å². The molecule has 0 aromatic heterocycles. The Balaban J connectivity index is 1.76. The van der Waals surface area contributed by atoms with Gasteiger partial charge in [-0.1, -0.05) is 80.9 Å². The fourth-order valence-corrected chi connectivity index (χ4v) is 5.66. The quantitative estimate of drug-likeness (QED) is 0.140. The molecule has 0 saturated carbocycles. The number of Topliss-reactive ketones (excluding diaryl/α,β-unsaturated/α-hetero) is 1. The maximum absolute atomic E-state index is 13.8. The van der Waals surface area contributed by atoms with E-state index in [1.165, 1.54) is 0 Å². The zero-order valence-electron chi connectivity index (χ0n) is 30.5. The molecule has 2 aromatic rings. The predicted octanol–water partition coefficient (Wildman–Crippen LogP) is 2.71. The monoisotopic (exact) mass is 721 g/mol. The Morgan fingerprint density at radius 1 is 0.885 bits per heavy atom. The summed E-state index contributed by atoms with van der Waals surface area (Å²) < 4.78 is 10.8. The fourth-order valence-electron chi connectivity index (χ4n) is 5.66. The zero-order chi connectivity index (χ0) is 38.4. The topological polar surface area (TPSA) is 203 Å². The van der Waals surface area contributed by atoms with Crippen molar-refractivity contribution in [3.05, 3.63) is 71.8 Å². The summed E-state index contributed by atoms with van der Waals surface area (Å²) in [4.78, 5) is 93.3. The number of carbonyl (C=O) groups is 7. The number of hydrogen-bond acceptors (Lipinski definition) is 9. The summed E-state index contributed by atoms with van der Waals surface area (Å²) in [7, 11) is 0. The van der Waals surface area contributed by atoms with Gasteiger partial charge in [0.05, 0.1) is 0 Å². The number of amides is 5. The highest BCUT2D eigenvalue weighted by atomic mass is 16.6. The first-order valence-corrected chi connectivity index (χ1v) is 17.6. The Hall–Kier alpha value is -5.27. The molecule has 2 aromatic carbocycles. The lowest BCUT2D eigenvalue weighted by molar-refractivity contribution is -0.159. The number of primary amides is 1. The second-order valence-corrected chi connectivity index (χ2v) is 13.9. The summed E-state index contributed by atoms with van der Waals surface area (Å²) in [6, 6.07) is 13.1. The van der Waals surface area contributed by atoms with Crippen LogP contribution in [0.2, 0.25) is 0 Å². The van der Waals surface area contributed by atoms with Crippen molar-refractivity contribution < 1.29 is 43.0 Å². The van der Waals surface area contributed by atoms with Crippen LogP contribution in [-0.4, -0.2) is 82.7 Å². The maximum atomic E-state index is 13.8. The van der Waals surface area contributed by atoms with Crippen LogP contribution in [-0.2, 0) is 51.3 Å². The molecule has 282 valence electrons. The van der Waals surface area contributed by atoms with Crippen LogP contribution in [0.3, 0.4) is 0 Å². The Kier molecular flexibility index (Phi) is 15.3. The lowest BCUT2D eigenvalue weighted by atomic mass is 9.97. The first-order chi connectivity index (χ1) is 24.6.